The van der Waals surface area contributed by atoms with Gasteiger partial charge in [0.2, 0.25) is 0 Å². The van der Waals surface area contributed by atoms with Crippen molar-refractivity contribution in [3.8, 4) is 11.5 Å². The number of aliphatic hydroxyl groups excluding tert-OH is 1. The number of nitrogens with two attached hydrogens (primary N) is 1. The van der Waals surface area contributed by atoms with E-state index in [9.17, 15) is 0 Å². The van der Waals surface area contributed by atoms with Crippen molar-refractivity contribution < 1.29 is 14.6 Å². The highest BCUT2D eigenvalue weighted by atomic mass is 35.5. The van der Waals surface area contributed by atoms with Crippen LogP contribution in [-0.4, -0.2) is 25.9 Å². The van der Waals surface area contributed by atoms with E-state index in [-0.39, 0.29) is 25.1 Å². The van der Waals surface area contributed by atoms with Crippen molar-refractivity contribution in [2.24, 2.45) is 5.73 Å². The second kappa shape index (κ2) is 7.33. The Morgan fingerprint density at radius 1 is 1.31 bits per heavy atom. The fraction of sp³-hybridized carbons (Fsp3) is 0.455. The molecule has 4 nitrogen and oxygen atoms in total. The van der Waals surface area contributed by atoms with Crippen LogP contribution in [0.4, 0.5) is 0 Å². The lowest BCUT2D eigenvalue weighted by Crippen LogP contribution is -2.13. The summed E-state index contributed by atoms with van der Waals surface area (Å²) in [7, 11) is 3.16. The molecule has 0 bridgehead atoms. The van der Waals surface area contributed by atoms with Crippen LogP contribution in [0.5, 0.6) is 11.5 Å². The van der Waals surface area contributed by atoms with Gasteiger partial charge in [-0.15, -0.1) is 12.4 Å². The minimum atomic E-state index is -0.236. The van der Waals surface area contributed by atoms with Crippen LogP contribution in [-0.2, 0) is 0 Å². The minimum Gasteiger partial charge on any atom is -0.493 e. The van der Waals surface area contributed by atoms with Gasteiger partial charge in [0.15, 0.2) is 11.5 Å². The molecule has 0 aliphatic rings. The van der Waals surface area contributed by atoms with Crippen LogP contribution in [0.25, 0.3) is 0 Å². The molecule has 1 rings (SSSR count). The Balaban J connectivity index is 0.00000225. The maximum Gasteiger partial charge on any atom is 0.165 e. The molecule has 16 heavy (non-hydrogen) atoms. The van der Waals surface area contributed by atoms with Crippen molar-refractivity contribution in [2.45, 2.75) is 12.5 Å². The standard InChI is InChI=1S/C11H17NO3.ClH/c1-14-10-5-3-4-8(11(10)15-2)9(12)6-7-13;/h3-5,9,13H,6-7,12H2,1-2H3;1H. The average molecular weight is 248 g/mol. The molecular weight excluding hydrogens is 230 g/mol. The monoisotopic (exact) mass is 247 g/mol. The van der Waals surface area contributed by atoms with Crippen LogP contribution in [0.15, 0.2) is 18.2 Å². The number of ether oxygens (including phenoxy) is 2. The molecule has 0 fully saturated rings. The predicted octanol–water partition coefficient (Wildman–Crippen LogP) is 1.51. The molecule has 3 N–H and O–H groups in total. The summed E-state index contributed by atoms with van der Waals surface area (Å²) >= 11 is 0. The van der Waals surface area contributed by atoms with Crippen molar-refractivity contribution >= 4 is 12.4 Å². The van der Waals surface area contributed by atoms with E-state index in [1.165, 1.54) is 0 Å². The third-order valence-corrected chi connectivity index (χ3v) is 2.27. The number of rotatable bonds is 5. The van der Waals surface area contributed by atoms with E-state index in [1.807, 2.05) is 18.2 Å². The lowest BCUT2D eigenvalue weighted by atomic mass is 10.0. The molecule has 0 aliphatic carbocycles. The fourth-order valence-corrected chi connectivity index (χ4v) is 1.50. The van der Waals surface area contributed by atoms with E-state index < -0.39 is 0 Å². The lowest BCUT2D eigenvalue weighted by molar-refractivity contribution is 0.274. The van der Waals surface area contributed by atoms with E-state index in [1.54, 1.807) is 14.2 Å². The Hall–Kier alpha value is -0.970. The summed E-state index contributed by atoms with van der Waals surface area (Å²) in [5.74, 6) is 1.30. The number of hydrogen-bond acceptors (Lipinski definition) is 4. The van der Waals surface area contributed by atoms with Gasteiger partial charge in [0.25, 0.3) is 0 Å². The topological polar surface area (TPSA) is 64.7 Å². The molecule has 0 aromatic heterocycles. The third kappa shape index (κ3) is 3.27. The van der Waals surface area contributed by atoms with Gasteiger partial charge < -0.3 is 20.3 Å². The van der Waals surface area contributed by atoms with Crippen molar-refractivity contribution in [3.05, 3.63) is 23.8 Å². The maximum absolute atomic E-state index is 8.84. The average Bonchev–Trinajstić information content (AvgIpc) is 2.28. The van der Waals surface area contributed by atoms with Crippen LogP contribution in [0.1, 0.15) is 18.0 Å². The minimum absolute atomic E-state index is 0. The van der Waals surface area contributed by atoms with Gasteiger partial charge in [0, 0.05) is 18.2 Å². The highest BCUT2D eigenvalue weighted by molar-refractivity contribution is 5.85. The maximum atomic E-state index is 8.84. The van der Waals surface area contributed by atoms with Crippen molar-refractivity contribution in [1.82, 2.24) is 0 Å². The van der Waals surface area contributed by atoms with Gasteiger partial charge in [0.05, 0.1) is 14.2 Å². The predicted molar refractivity (Wildman–Crippen MR) is 65.4 cm³/mol. The van der Waals surface area contributed by atoms with E-state index in [0.29, 0.717) is 17.9 Å². The quantitative estimate of drug-likeness (QED) is 0.828. The smallest absolute Gasteiger partial charge is 0.165 e. The molecule has 0 saturated heterocycles. The number of para-hydroxylation sites is 1. The number of methoxy groups -OCH3 is 2. The molecular formula is C11H18ClNO3. The summed E-state index contributed by atoms with van der Waals surface area (Å²) in [5, 5.41) is 8.84. The van der Waals surface area contributed by atoms with E-state index in [0.717, 1.165) is 5.56 Å². The Kier molecular flexibility index (Phi) is 6.88. The molecule has 0 saturated carbocycles. The summed E-state index contributed by atoms with van der Waals surface area (Å²) < 4.78 is 10.4. The normalized spacial score (nSPS) is 11.5. The van der Waals surface area contributed by atoms with E-state index in [2.05, 4.69) is 0 Å². The Morgan fingerprint density at radius 3 is 2.50 bits per heavy atom. The first-order valence-corrected chi connectivity index (χ1v) is 4.82. The third-order valence-electron chi connectivity index (χ3n) is 2.27. The molecule has 1 unspecified atom stereocenters. The highest BCUT2D eigenvalue weighted by Gasteiger charge is 2.14. The molecule has 5 heteroatoms. The Morgan fingerprint density at radius 2 is 2.00 bits per heavy atom. The zero-order chi connectivity index (χ0) is 11.3. The molecule has 0 aliphatic heterocycles. The molecule has 0 radical (unpaired) electrons. The van der Waals surface area contributed by atoms with Crippen LogP contribution in [0.2, 0.25) is 0 Å². The number of hydrogen-bond donors (Lipinski definition) is 2. The second-order valence-electron chi connectivity index (χ2n) is 3.20. The molecule has 1 aromatic carbocycles. The molecule has 0 heterocycles. The Bertz CT molecular complexity index is 320. The summed E-state index contributed by atoms with van der Waals surface area (Å²) in [5.41, 5.74) is 6.76. The number of halogens is 1. The molecule has 1 aromatic rings. The molecule has 92 valence electrons. The van der Waals surface area contributed by atoms with E-state index in [4.69, 9.17) is 20.3 Å². The van der Waals surface area contributed by atoms with Gasteiger partial charge in [-0.1, -0.05) is 12.1 Å². The van der Waals surface area contributed by atoms with Gasteiger partial charge in [0.1, 0.15) is 0 Å². The van der Waals surface area contributed by atoms with Gasteiger partial charge in [-0.3, -0.25) is 0 Å². The summed E-state index contributed by atoms with van der Waals surface area (Å²) in [4.78, 5) is 0. The number of benzene rings is 1. The molecule has 0 amide bonds. The fourth-order valence-electron chi connectivity index (χ4n) is 1.50. The van der Waals surface area contributed by atoms with E-state index >= 15 is 0 Å². The van der Waals surface area contributed by atoms with Gasteiger partial charge in [-0.2, -0.15) is 0 Å². The largest absolute Gasteiger partial charge is 0.493 e. The van der Waals surface area contributed by atoms with Crippen molar-refractivity contribution in [3.63, 3.8) is 0 Å². The van der Waals surface area contributed by atoms with Gasteiger partial charge in [-0.05, 0) is 12.5 Å². The zero-order valence-electron chi connectivity index (χ0n) is 9.47. The first-order valence-electron chi connectivity index (χ1n) is 4.82. The van der Waals surface area contributed by atoms with Crippen LogP contribution >= 0.6 is 12.4 Å². The summed E-state index contributed by atoms with van der Waals surface area (Å²) in [6, 6.07) is 5.31. The Labute approximate surface area is 102 Å². The first-order chi connectivity index (χ1) is 7.24. The van der Waals surface area contributed by atoms with Crippen LogP contribution in [0.3, 0.4) is 0 Å². The highest BCUT2D eigenvalue weighted by Crippen LogP contribution is 2.34. The van der Waals surface area contributed by atoms with Crippen molar-refractivity contribution in [1.29, 1.82) is 0 Å². The first kappa shape index (κ1) is 15.0. The van der Waals surface area contributed by atoms with Gasteiger partial charge >= 0.3 is 0 Å². The lowest BCUT2D eigenvalue weighted by Gasteiger charge is -2.16. The molecule has 1 atom stereocenters. The van der Waals surface area contributed by atoms with Crippen LogP contribution in [0, 0.1) is 0 Å². The number of aliphatic hydroxyl groups is 1. The van der Waals surface area contributed by atoms with Crippen molar-refractivity contribution in [2.75, 3.05) is 20.8 Å². The molecule has 0 spiro atoms. The van der Waals surface area contributed by atoms with Crippen LogP contribution < -0.4 is 15.2 Å². The summed E-state index contributed by atoms with van der Waals surface area (Å²) in [6.45, 7) is 0.0571. The second-order valence-corrected chi connectivity index (χ2v) is 3.20. The SMILES string of the molecule is COc1cccc(C(N)CCO)c1OC.Cl. The van der Waals surface area contributed by atoms with Gasteiger partial charge in [-0.25, -0.2) is 0 Å². The zero-order valence-corrected chi connectivity index (χ0v) is 10.3. The summed E-state index contributed by atoms with van der Waals surface area (Å²) in [6.07, 6.45) is 0.503.